The van der Waals surface area contributed by atoms with Gasteiger partial charge in [-0.05, 0) is 24.6 Å². The van der Waals surface area contributed by atoms with Crippen molar-refractivity contribution in [3.05, 3.63) is 60.1 Å². The topological polar surface area (TPSA) is 82.9 Å². The molecule has 8 heteroatoms. The molecule has 0 spiro atoms. The number of hydrogen-bond donors (Lipinski definition) is 1. The number of piperazine rings is 1. The smallest absolute Gasteiger partial charge is 0.236 e. The van der Waals surface area contributed by atoms with E-state index in [2.05, 4.69) is 5.32 Å². The molecule has 1 atom stereocenters. The first-order valence-electron chi connectivity index (χ1n) is 9.02. The first-order chi connectivity index (χ1) is 13.0. The zero-order valence-electron chi connectivity index (χ0n) is 15.4. The summed E-state index contributed by atoms with van der Waals surface area (Å²) in [6.45, 7) is 3.59. The molecular formula is C19H25N3O4S. The van der Waals surface area contributed by atoms with E-state index in [0.717, 1.165) is 11.3 Å². The van der Waals surface area contributed by atoms with Crippen molar-refractivity contribution in [2.75, 3.05) is 32.7 Å². The van der Waals surface area contributed by atoms with Crippen LogP contribution in [0.2, 0.25) is 0 Å². The zero-order chi connectivity index (χ0) is 19.3. The third kappa shape index (κ3) is 5.18. The summed E-state index contributed by atoms with van der Waals surface area (Å²) < 4.78 is 31.9. The summed E-state index contributed by atoms with van der Waals surface area (Å²) in [7, 11) is -3.37. The summed E-state index contributed by atoms with van der Waals surface area (Å²) in [5, 5.41) is 3.14. The number of nitrogens with one attached hydrogen (secondary N) is 1. The van der Waals surface area contributed by atoms with E-state index in [9.17, 15) is 13.2 Å². The lowest BCUT2D eigenvalue weighted by molar-refractivity contribution is -0.131. The van der Waals surface area contributed by atoms with Crippen LogP contribution in [-0.2, 0) is 20.6 Å². The highest BCUT2D eigenvalue weighted by molar-refractivity contribution is 7.88. The van der Waals surface area contributed by atoms with E-state index < -0.39 is 10.0 Å². The molecule has 1 aliphatic heterocycles. The molecule has 0 saturated carbocycles. The average molecular weight is 391 g/mol. The van der Waals surface area contributed by atoms with E-state index in [4.69, 9.17) is 4.42 Å². The molecule has 0 radical (unpaired) electrons. The van der Waals surface area contributed by atoms with Gasteiger partial charge >= 0.3 is 0 Å². The number of carbonyl (C=O) groups is 1. The van der Waals surface area contributed by atoms with Gasteiger partial charge in [0.1, 0.15) is 5.76 Å². The van der Waals surface area contributed by atoms with Gasteiger partial charge in [0, 0.05) is 26.2 Å². The monoisotopic (exact) mass is 391 g/mol. The predicted octanol–water partition coefficient (Wildman–Crippen LogP) is 1.60. The van der Waals surface area contributed by atoms with Crippen molar-refractivity contribution >= 4 is 15.9 Å². The molecule has 1 N–H and O–H groups in total. The van der Waals surface area contributed by atoms with Crippen LogP contribution in [0.3, 0.4) is 0 Å². The predicted molar refractivity (Wildman–Crippen MR) is 102 cm³/mol. The average Bonchev–Trinajstić information content (AvgIpc) is 3.21. The lowest BCUT2D eigenvalue weighted by Gasteiger charge is -2.34. The molecule has 0 unspecified atom stereocenters. The van der Waals surface area contributed by atoms with Crippen LogP contribution in [0, 0.1) is 0 Å². The minimum Gasteiger partial charge on any atom is -0.468 e. The van der Waals surface area contributed by atoms with E-state index in [1.54, 1.807) is 11.2 Å². The Kier molecular flexibility index (Phi) is 6.30. The summed E-state index contributed by atoms with van der Waals surface area (Å²) in [5.74, 6) is 0.734. The summed E-state index contributed by atoms with van der Waals surface area (Å²) in [4.78, 5) is 14.1. The number of amides is 1. The minimum absolute atomic E-state index is 0.00992. The second-order valence-electron chi connectivity index (χ2n) is 6.64. The number of furan rings is 1. The van der Waals surface area contributed by atoms with Crippen molar-refractivity contribution in [1.82, 2.24) is 14.5 Å². The zero-order valence-corrected chi connectivity index (χ0v) is 16.2. The Morgan fingerprint density at radius 2 is 1.81 bits per heavy atom. The fourth-order valence-electron chi connectivity index (χ4n) is 3.08. The Morgan fingerprint density at radius 3 is 2.44 bits per heavy atom. The first kappa shape index (κ1) is 19.6. The van der Waals surface area contributed by atoms with Crippen molar-refractivity contribution < 1.29 is 17.6 Å². The Hall–Kier alpha value is -2.16. The largest absolute Gasteiger partial charge is 0.468 e. The highest BCUT2D eigenvalue weighted by Crippen LogP contribution is 2.14. The van der Waals surface area contributed by atoms with Crippen LogP contribution in [0.15, 0.2) is 53.1 Å². The number of carbonyl (C=O) groups excluding carboxylic acids is 1. The SMILES string of the molecule is C[C@H](NCC(=O)N1CCN(S(=O)(=O)Cc2ccccc2)CC1)c1ccco1. The Bertz CT molecular complexity index is 829. The van der Waals surface area contributed by atoms with Gasteiger partial charge in [0.25, 0.3) is 0 Å². The number of benzene rings is 1. The number of nitrogens with zero attached hydrogens (tertiary/aromatic N) is 2. The fraction of sp³-hybridized carbons (Fsp3) is 0.421. The maximum atomic E-state index is 12.6. The van der Waals surface area contributed by atoms with Gasteiger partial charge in [-0.2, -0.15) is 4.31 Å². The van der Waals surface area contributed by atoms with Gasteiger partial charge in [0.15, 0.2) is 0 Å². The van der Waals surface area contributed by atoms with E-state index in [0.29, 0.717) is 26.2 Å². The molecule has 2 aromatic rings. The van der Waals surface area contributed by atoms with Gasteiger partial charge in [0.05, 0.1) is 24.6 Å². The normalized spacial score (nSPS) is 17.0. The Labute approximate surface area is 160 Å². The van der Waals surface area contributed by atoms with Gasteiger partial charge in [-0.1, -0.05) is 30.3 Å². The molecule has 2 heterocycles. The maximum Gasteiger partial charge on any atom is 0.236 e. The number of rotatable bonds is 7. The van der Waals surface area contributed by atoms with Crippen molar-refractivity contribution in [3.8, 4) is 0 Å². The minimum atomic E-state index is -3.37. The quantitative estimate of drug-likeness (QED) is 0.775. The third-order valence-electron chi connectivity index (χ3n) is 4.71. The lowest BCUT2D eigenvalue weighted by Crippen LogP contribution is -2.52. The first-order valence-corrected chi connectivity index (χ1v) is 10.6. The summed E-state index contributed by atoms with van der Waals surface area (Å²) in [6.07, 6.45) is 1.60. The number of sulfonamides is 1. The molecule has 0 aliphatic carbocycles. The van der Waals surface area contributed by atoms with Crippen molar-refractivity contribution in [2.45, 2.75) is 18.7 Å². The number of hydrogen-bond acceptors (Lipinski definition) is 5. The molecule has 7 nitrogen and oxygen atoms in total. The molecule has 1 amide bonds. The van der Waals surface area contributed by atoms with Crippen LogP contribution < -0.4 is 5.32 Å². The second-order valence-corrected chi connectivity index (χ2v) is 8.61. The maximum absolute atomic E-state index is 12.6. The summed E-state index contributed by atoms with van der Waals surface area (Å²) in [6, 6.07) is 12.8. The lowest BCUT2D eigenvalue weighted by atomic mass is 10.2. The molecule has 1 fully saturated rings. The molecule has 0 bridgehead atoms. The molecule has 27 heavy (non-hydrogen) atoms. The molecule has 1 saturated heterocycles. The Morgan fingerprint density at radius 1 is 1.11 bits per heavy atom. The van der Waals surface area contributed by atoms with Crippen LogP contribution in [0.1, 0.15) is 24.3 Å². The van der Waals surface area contributed by atoms with Crippen LogP contribution in [0.4, 0.5) is 0 Å². The van der Waals surface area contributed by atoms with Gasteiger partial charge in [0.2, 0.25) is 15.9 Å². The van der Waals surface area contributed by atoms with E-state index in [1.807, 2.05) is 49.4 Å². The van der Waals surface area contributed by atoms with Crippen LogP contribution in [0.5, 0.6) is 0 Å². The fourth-order valence-corrected chi connectivity index (χ4v) is 4.60. The van der Waals surface area contributed by atoms with Gasteiger partial charge in [-0.15, -0.1) is 0 Å². The second kappa shape index (κ2) is 8.69. The molecule has 1 aliphatic rings. The molecule has 3 rings (SSSR count). The van der Waals surface area contributed by atoms with Crippen LogP contribution in [0.25, 0.3) is 0 Å². The third-order valence-corrected chi connectivity index (χ3v) is 6.56. The molecule has 1 aromatic heterocycles. The van der Waals surface area contributed by atoms with Gasteiger partial charge in [-0.3, -0.25) is 10.1 Å². The molecule has 146 valence electrons. The van der Waals surface area contributed by atoms with Crippen molar-refractivity contribution in [3.63, 3.8) is 0 Å². The van der Waals surface area contributed by atoms with E-state index in [1.165, 1.54) is 4.31 Å². The Balaban J connectivity index is 1.47. The molecular weight excluding hydrogens is 366 g/mol. The highest BCUT2D eigenvalue weighted by atomic mass is 32.2. The van der Waals surface area contributed by atoms with Crippen molar-refractivity contribution in [1.29, 1.82) is 0 Å². The van der Waals surface area contributed by atoms with Gasteiger partial charge in [-0.25, -0.2) is 8.42 Å². The molecule has 1 aromatic carbocycles. The van der Waals surface area contributed by atoms with E-state index >= 15 is 0 Å². The van der Waals surface area contributed by atoms with E-state index in [-0.39, 0.29) is 24.2 Å². The summed E-state index contributed by atoms with van der Waals surface area (Å²) >= 11 is 0. The van der Waals surface area contributed by atoms with Crippen LogP contribution in [-0.4, -0.2) is 56.3 Å². The summed E-state index contributed by atoms with van der Waals surface area (Å²) in [5.41, 5.74) is 0.770. The van der Waals surface area contributed by atoms with Gasteiger partial charge < -0.3 is 9.32 Å². The van der Waals surface area contributed by atoms with Crippen LogP contribution >= 0.6 is 0 Å². The highest BCUT2D eigenvalue weighted by Gasteiger charge is 2.29. The standard InChI is InChI=1S/C19H25N3O4S/c1-16(18-8-5-13-26-18)20-14-19(23)21-9-11-22(12-10-21)27(24,25)15-17-6-3-2-4-7-17/h2-8,13,16,20H,9-12,14-15H2,1H3/t16-/m0/s1. The van der Waals surface area contributed by atoms with Crippen molar-refractivity contribution in [2.24, 2.45) is 0 Å².